The first-order valence-electron chi connectivity index (χ1n) is 10.3. The second-order valence-electron chi connectivity index (χ2n) is 7.97. The van der Waals surface area contributed by atoms with E-state index in [2.05, 4.69) is 15.1 Å². The number of halogens is 1. The number of benzene rings is 1. The van der Waals surface area contributed by atoms with Gasteiger partial charge in [0.05, 0.1) is 11.0 Å². The van der Waals surface area contributed by atoms with E-state index in [4.69, 9.17) is 9.26 Å². The number of hydrogen-bond donors (Lipinski definition) is 0. The molecule has 162 valence electrons. The van der Waals surface area contributed by atoms with E-state index in [1.165, 1.54) is 12.1 Å². The number of rotatable bonds is 6. The summed E-state index contributed by atoms with van der Waals surface area (Å²) < 4.78 is 24.1. The Morgan fingerprint density at radius 1 is 1.26 bits per heavy atom. The number of carbonyl (C=O) groups is 1. The zero-order valence-electron chi connectivity index (χ0n) is 17.7. The largest absolute Gasteiger partial charge is 0.385 e. The molecule has 1 aromatic carbocycles. The summed E-state index contributed by atoms with van der Waals surface area (Å²) in [4.78, 5) is 23.8. The number of likely N-dealkylation sites (tertiary alicyclic amines) is 1. The van der Waals surface area contributed by atoms with E-state index in [0.29, 0.717) is 49.0 Å². The molecule has 1 atom stereocenters. The summed E-state index contributed by atoms with van der Waals surface area (Å²) in [6.45, 7) is 3.52. The molecule has 8 heteroatoms. The lowest BCUT2D eigenvalue weighted by molar-refractivity contribution is 0.0566. The molecule has 0 bridgehead atoms. The highest BCUT2D eigenvalue weighted by atomic mass is 19.1. The van der Waals surface area contributed by atoms with Crippen molar-refractivity contribution in [3.63, 3.8) is 0 Å². The molecule has 1 unspecified atom stereocenters. The summed E-state index contributed by atoms with van der Waals surface area (Å²) in [6.07, 6.45) is 3.90. The fourth-order valence-corrected chi connectivity index (χ4v) is 4.03. The average Bonchev–Trinajstić information content (AvgIpc) is 3.29. The van der Waals surface area contributed by atoms with E-state index >= 15 is 0 Å². The Morgan fingerprint density at radius 3 is 2.77 bits per heavy atom. The number of amides is 1. The monoisotopic (exact) mass is 424 g/mol. The third kappa shape index (κ3) is 4.49. The molecule has 7 nitrogen and oxygen atoms in total. The first-order chi connectivity index (χ1) is 15.0. The van der Waals surface area contributed by atoms with Crippen LogP contribution in [0.5, 0.6) is 0 Å². The minimum absolute atomic E-state index is 0.0590. The highest BCUT2D eigenvalue weighted by Crippen LogP contribution is 2.37. The maximum absolute atomic E-state index is 13.3. The van der Waals surface area contributed by atoms with Crippen molar-refractivity contribution >= 4 is 5.91 Å². The lowest BCUT2D eigenvalue weighted by Crippen LogP contribution is -2.49. The van der Waals surface area contributed by atoms with Gasteiger partial charge in [-0.05, 0) is 62.6 Å². The number of aromatic nitrogens is 3. The predicted octanol–water partition coefficient (Wildman–Crippen LogP) is 3.79. The van der Waals surface area contributed by atoms with Gasteiger partial charge in [0.25, 0.3) is 11.8 Å². The molecule has 0 spiro atoms. The Labute approximate surface area is 180 Å². The molecule has 1 fully saturated rings. The number of carbonyl (C=O) groups excluding carboxylic acids is 1. The van der Waals surface area contributed by atoms with Crippen LogP contribution in [0.2, 0.25) is 0 Å². The lowest BCUT2D eigenvalue weighted by atomic mass is 9.76. The summed E-state index contributed by atoms with van der Waals surface area (Å²) in [6, 6.07) is 9.57. The van der Waals surface area contributed by atoms with Crippen LogP contribution in [0.4, 0.5) is 4.39 Å². The quantitative estimate of drug-likeness (QED) is 0.599. The van der Waals surface area contributed by atoms with Crippen molar-refractivity contribution in [1.82, 2.24) is 20.0 Å². The average molecular weight is 424 g/mol. The van der Waals surface area contributed by atoms with E-state index in [1.807, 2.05) is 17.9 Å². The first-order valence-corrected chi connectivity index (χ1v) is 10.3. The third-order valence-electron chi connectivity index (χ3n) is 5.80. The van der Waals surface area contributed by atoms with Gasteiger partial charge in [0.1, 0.15) is 5.82 Å². The van der Waals surface area contributed by atoms with Crippen LogP contribution in [-0.4, -0.2) is 52.7 Å². The van der Waals surface area contributed by atoms with E-state index in [1.54, 1.807) is 31.5 Å². The van der Waals surface area contributed by atoms with Crippen LogP contribution >= 0.6 is 0 Å². The number of hydrogen-bond acceptors (Lipinski definition) is 6. The van der Waals surface area contributed by atoms with Crippen LogP contribution in [-0.2, 0) is 10.2 Å². The molecule has 1 aliphatic rings. The van der Waals surface area contributed by atoms with Gasteiger partial charge < -0.3 is 14.2 Å². The normalized spacial score (nSPS) is 18.9. The van der Waals surface area contributed by atoms with E-state index < -0.39 is 5.41 Å². The van der Waals surface area contributed by atoms with Gasteiger partial charge in [-0.2, -0.15) is 4.98 Å². The van der Waals surface area contributed by atoms with Crippen molar-refractivity contribution in [2.75, 3.05) is 26.8 Å². The molecule has 1 amide bonds. The maximum Gasteiger partial charge on any atom is 0.257 e. The highest BCUT2D eigenvalue weighted by molar-refractivity contribution is 5.94. The second kappa shape index (κ2) is 8.93. The van der Waals surface area contributed by atoms with Gasteiger partial charge >= 0.3 is 0 Å². The smallest absolute Gasteiger partial charge is 0.257 e. The van der Waals surface area contributed by atoms with Crippen LogP contribution in [0.25, 0.3) is 11.5 Å². The zero-order chi connectivity index (χ0) is 21.8. The number of nitrogens with zero attached hydrogens (tertiary/aromatic N) is 4. The summed E-state index contributed by atoms with van der Waals surface area (Å²) in [5.41, 5.74) is 1.60. The zero-order valence-corrected chi connectivity index (χ0v) is 17.7. The van der Waals surface area contributed by atoms with Gasteiger partial charge in [-0.3, -0.25) is 9.78 Å². The summed E-state index contributed by atoms with van der Waals surface area (Å²) >= 11 is 0. The van der Waals surface area contributed by atoms with Gasteiger partial charge in [0.2, 0.25) is 0 Å². The number of piperidine rings is 1. The Hall–Kier alpha value is -3.13. The molecular formula is C23H25FN4O3. The van der Waals surface area contributed by atoms with Crippen molar-refractivity contribution < 1.29 is 18.4 Å². The molecule has 3 aromatic rings. The van der Waals surface area contributed by atoms with Crippen molar-refractivity contribution in [2.24, 2.45) is 0 Å². The van der Waals surface area contributed by atoms with Crippen molar-refractivity contribution in [1.29, 1.82) is 0 Å². The molecule has 0 N–H and O–H groups in total. The van der Waals surface area contributed by atoms with Gasteiger partial charge in [-0.1, -0.05) is 5.16 Å². The van der Waals surface area contributed by atoms with Crippen molar-refractivity contribution in [2.45, 2.75) is 31.6 Å². The van der Waals surface area contributed by atoms with Gasteiger partial charge in [0.15, 0.2) is 5.82 Å². The Bertz CT molecular complexity index is 1040. The maximum atomic E-state index is 13.3. The van der Waals surface area contributed by atoms with E-state index in [0.717, 1.165) is 18.5 Å². The summed E-state index contributed by atoms with van der Waals surface area (Å²) in [5, 5.41) is 4.26. The third-order valence-corrected chi connectivity index (χ3v) is 5.80. The summed E-state index contributed by atoms with van der Waals surface area (Å²) in [5.74, 6) is 0.490. The van der Waals surface area contributed by atoms with Crippen LogP contribution in [0, 0.1) is 12.7 Å². The molecule has 0 saturated carbocycles. The van der Waals surface area contributed by atoms with E-state index in [-0.39, 0.29) is 11.7 Å². The minimum Gasteiger partial charge on any atom is -0.385 e. The number of pyridine rings is 1. The molecule has 0 aliphatic carbocycles. The van der Waals surface area contributed by atoms with Gasteiger partial charge in [0, 0.05) is 44.3 Å². The molecule has 3 heterocycles. The standard InChI is InChI=1S/C23H25FN4O3/c1-16-4-5-18(14-25-16)21(29)28-12-3-10-23(15-28,11-13-30-2)22-26-20(31-27-22)17-6-8-19(24)9-7-17/h4-9,14H,3,10-13,15H2,1-2H3. The first kappa shape index (κ1) is 21.1. The molecule has 0 radical (unpaired) electrons. The molecule has 4 rings (SSSR count). The number of aryl methyl sites for hydroxylation is 1. The minimum atomic E-state index is -0.482. The fourth-order valence-electron chi connectivity index (χ4n) is 4.03. The SMILES string of the molecule is COCCC1(c2noc(-c3ccc(F)cc3)n2)CCCN(C(=O)c2ccc(C)nc2)C1. The molecule has 2 aromatic heterocycles. The van der Waals surface area contributed by atoms with Crippen LogP contribution in [0.3, 0.4) is 0 Å². The molecular weight excluding hydrogens is 399 g/mol. The fraction of sp³-hybridized carbons (Fsp3) is 0.391. The molecule has 1 aliphatic heterocycles. The Balaban J connectivity index is 1.62. The van der Waals surface area contributed by atoms with Crippen LogP contribution in [0.15, 0.2) is 47.1 Å². The predicted molar refractivity (Wildman–Crippen MR) is 112 cm³/mol. The summed E-state index contributed by atoms with van der Waals surface area (Å²) in [7, 11) is 1.65. The molecule has 1 saturated heterocycles. The van der Waals surface area contributed by atoms with Crippen LogP contribution < -0.4 is 0 Å². The second-order valence-corrected chi connectivity index (χ2v) is 7.97. The number of methoxy groups -OCH3 is 1. The van der Waals surface area contributed by atoms with Crippen molar-refractivity contribution in [3.05, 3.63) is 65.5 Å². The lowest BCUT2D eigenvalue weighted by Gasteiger charge is -2.41. The van der Waals surface area contributed by atoms with Gasteiger partial charge in [-0.25, -0.2) is 4.39 Å². The Kier molecular flexibility index (Phi) is 6.08. The Morgan fingerprint density at radius 2 is 2.06 bits per heavy atom. The van der Waals surface area contributed by atoms with Crippen molar-refractivity contribution in [3.8, 4) is 11.5 Å². The molecule has 31 heavy (non-hydrogen) atoms. The van der Waals surface area contributed by atoms with Gasteiger partial charge in [-0.15, -0.1) is 0 Å². The highest BCUT2D eigenvalue weighted by Gasteiger charge is 2.42. The van der Waals surface area contributed by atoms with E-state index in [9.17, 15) is 9.18 Å². The topological polar surface area (TPSA) is 81.4 Å². The van der Waals surface area contributed by atoms with Crippen LogP contribution in [0.1, 0.15) is 41.1 Å². The number of ether oxygens (including phenoxy) is 1.